The predicted molar refractivity (Wildman–Crippen MR) is 74.4 cm³/mol. The Balaban J connectivity index is 2.27. The smallest absolute Gasteiger partial charge is 0.182 e. The zero-order chi connectivity index (χ0) is 13.7. The molecule has 0 amide bonds. The minimum atomic E-state index is -3.39. The minimum Gasteiger partial charge on any atom is -0.329 e. The molecule has 0 spiro atoms. The van der Waals surface area contributed by atoms with Crippen molar-refractivity contribution in [1.82, 2.24) is 4.98 Å². The Bertz CT molecular complexity index is 612. The van der Waals surface area contributed by atoms with Crippen molar-refractivity contribution >= 4 is 9.84 Å². The third-order valence-electron chi connectivity index (χ3n) is 2.99. The number of nitrogens with zero attached hydrogens (tertiary/aromatic N) is 1. The number of rotatable bonds is 5. The van der Waals surface area contributed by atoms with Crippen LogP contribution in [0.5, 0.6) is 0 Å². The molecule has 1 aromatic heterocycles. The largest absolute Gasteiger partial charge is 0.329 e. The molecule has 1 unspecified atom stereocenters. The van der Waals surface area contributed by atoms with Crippen LogP contribution < -0.4 is 5.73 Å². The lowest BCUT2D eigenvalue weighted by Crippen LogP contribution is -2.32. The molecule has 2 rings (SSSR count). The van der Waals surface area contributed by atoms with Gasteiger partial charge in [-0.3, -0.25) is 4.98 Å². The number of hydrogen-bond acceptors (Lipinski definition) is 4. The van der Waals surface area contributed by atoms with Crippen LogP contribution in [-0.4, -0.2) is 25.2 Å². The molecule has 4 nitrogen and oxygen atoms in total. The molecule has 100 valence electrons. The first kappa shape index (κ1) is 13.7. The van der Waals surface area contributed by atoms with Gasteiger partial charge in [-0.15, -0.1) is 0 Å². The zero-order valence-electron chi connectivity index (χ0n) is 10.4. The summed E-state index contributed by atoms with van der Waals surface area (Å²) < 4.78 is 24.9. The lowest BCUT2D eigenvalue weighted by Gasteiger charge is -2.15. The molecule has 2 aromatic rings. The fourth-order valence-electron chi connectivity index (χ4n) is 1.90. The molecule has 1 atom stereocenters. The Morgan fingerprint density at radius 3 is 2.26 bits per heavy atom. The maximum absolute atomic E-state index is 12.5. The summed E-state index contributed by atoms with van der Waals surface area (Å²) in [7, 11) is -3.39. The highest BCUT2D eigenvalue weighted by atomic mass is 32.2. The molecule has 0 saturated heterocycles. The molecule has 1 aromatic carbocycles. The van der Waals surface area contributed by atoms with Crippen molar-refractivity contribution in [2.75, 3.05) is 6.54 Å². The van der Waals surface area contributed by atoms with Crippen molar-refractivity contribution in [2.24, 2.45) is 5.73 Å². The van der Waals surface area contributed by atoms with Crippen LogP contribution in [0, 0.1) is 0 Å². The van der Waals surface area contributed by atoms with Gasteiger partial charge in [-0.25, -0.2) is 8.42 Å². The van der Waals surface area contributed by atoms with E-state index in [1.54, 1.807) is 42.7 Å². The van der Waals surface area contributed by atoms with Crippen molar-refractivity contribution < 1.29 is 8.42 Å². The van der Waals surface area contributed by atoms with E-state index in [0.717, 1.165) is 5.56 Å². The third kappa shape index (κ3) is 3.19. The molecule has 2 N–H and O–H groups in total. The van der Waals surface area contributed by atoms with Crippen LogP contribution in [0.2, 0.25) is 0 Å². The van der Waals surface area contributed by atoms with Crippen LogP contribution in [-0.2, 0) is 16.3 Å². The lowest BCUT2D eigenvalue weighted by atomic mass is 10.1. The first-order chi connectivity index (χ1) is 9.14. The van der Waals surface area contributed by atoms with E-state index in [1.807, 2.05) is 12.1 Å². The Labute approximate surface area is 113 Å². The molecule has 0 aliphatic heterocycles. The van der Waals surface area contributed by atoms with E-state index >= 15 is 0 Å². The SMILES string of the molecule is NCC(Cc1ccncc1)S(=O)(=O)c1ccccc1. The van der Waals surface area contributed by atoms with Gasteiger partial charge in [0.25, 0.3) is 0 Å². The quantitative estimate of drug-likeness (QED) is 0.896. The molecular weight excluding hydrogens is 260 g/mol. The van der Waals surface area contributed by atoms with E-state index in [1.165, 1.54) is 0 Å². The molecule has 19 heavy (non-hydrogen) atoms. The zero-order valence-corrected chi connectivity index (χ0v) is 11.3. The summed E-state index contributed by atoms with van der Waals surface area (Å²) in [5.74, 6) is 0. The normalized spacial score (nSPS) is 13.1. The monoisotopic (exact) mass is 276 g/mol. The third-order valence-corrected chi connectivity index (χ3v) is 5.15. The topological polar surface area (TPSA) is 73.0 Å². The van der Waals surface area contributed by atoms with E-state index in [9.17, 15) is 8.42 Å². The van der Waals surface area contributed by atoms with Crippen LogP contribution in [0.1, 0.15) is 5.56 Å². The fraction of sp³-hybridized carbons (Fsp3) is 0.214. The van der Waals surface area contributed by atoms with Crippen molar-refractivity contribution in [3.05, 3.63) is 60.4 Å². The molecule has 0 fully saturated rings. The molecule has 0 radical (unpaired) electrons. The lowest BCUT2D eigenvalue weighted by molar-refractivity contribution is 0.578. The maximum Gasteiger partial charge on any atom is 0.182 e. The van der Waals surface area contributed by atoms with Gasteiger partial charge in [0, 0.05) is 18.9 Å². The van der Waals surface area contributed by atoms with Gasteiger partial charge < -0.3 is 5.73 Å². The first-order valence-corrected chi connectivity index (χ1v) is 7.57. The van der Waals surface area contributed by atoms with Crippen LogP contribution in [0.25, 0.3) is 0 Å². The average molecular weight is 276 g/mol. The second-order valence-corrected chi connectivity index (χ2v) is 6.50. The van der Waals surface area contributed by atoms with Gasteiger partial charge >= 0.3 is 0 Å². The van der Waals surface area contributed by atoms with Gasteiger partial charge in [-0.2, -0.15) is 0 Å². The number of nitrogens with two attached hydrogens (primary N) is 1. The van der Waals surface area contributed by atoms with Crippen LogP contribution in [0.3, 0.4) is 0 Å². The number of benzene rings is 1. The van der Waals surface area contributed by atoms with E-state index in [2.05, 4.69) is 4.98 Å². The van der Waals surface area contributed by atoms with Gasteiger partial charge in [0.2, 0.25) is 0 Å². The van der Waals surface area contributed by atoms with Gasteiger partial charge in [-0.1, -0.05) is 18.2 Å². The molecular formula is C14H16N2O2S. The highest BCUT2D eigenvalue weighted by Crippen LogP contribution is 2.18. The standard InChI is InChI=1S/C14H16N2O2S/c15-11-14(10-12-6-8-16-9-7-12)19(17,18)13-4-2-1-3-5-13/h1-9,14H,10-11,15H2. The molecule has 0 aliphatic rings. The predicted octanol–water partition coefficient (Wildman–Crippen LogP) is 1.43. The summed E-state index contributed by atoms with van der Waals surface area (Å²) in [6.45, 7) is 0.0968. The van der Waals surface area contributed by atoms with E-state index in [0.29, 0.717) is 11.3 Å². The highest BCUT2D eigenvalue weighted by Gasteiger charge is 2.26. The Hall–Kier alpha value is -1.72. The summed E-state index contributed by atoms with van der Waals surface area (Å²) in [5, 5.41) is -0.614. The second kappa shape index (κ2) is 5.95. The van der Waals surface area contributed by atoms with Gasteiger partial charge in [0.05, 0.1) is 10.1 Å². The highest BCUT2D eigenvalue weighted by molar-refractivity contribution is 7.92. The van der Waals surface area contributed by atoms with Gasteiger partial charge in [0.1, 0.15) is 0 Å². The number of aromatic nitrogens is 1. The number of pyridine rings is 1. The van der Waals surface area contributed by atoms with E-state index in [4.69, 9.17) is 5.73 Å². The molecule has 0 aliphatic carbocycles. The molecule has 1 heterocycles. The van der Waals surface area contributed by atoms with Gasteiger partial charge in [0.15, 0.2) is 9.84 Å². The maximum atomic E-state index is 12.5. The Morgan fingerprint density at radius 1 is 1.05 bits per heavy atom. The van der Waals surface area contributed by atoms with E-state index < -0.39 is 15.1 Å². The minimum absolute atomic E-state index is 0.0968. The number of hydrogen-bond donors (Lipinski definition) is 1. The number of sulfone groups is 1. The molecule has 0 saturated carbocycles. The summed E-state index contributed by atoms with van der Waals surface area (Å²) in [6.07, 6.45) is 3.70. The van der Waals surface area contributed by atoms with Crippen molar-refractivity contribution in [3.63, 3.8) is 0 Å². The van der Waals surface area contributed by atoms with Crippen molar-refractivity contribution in [2.45, 2.75) is 16.6 Å². The van der Waals surface area contributed by atoms with Gasteiger partial charge in [-0.05, 0) is 36.2 Å². The average Bonchev–Trinajstić information content (AvgIpc) is 2.46. The van der Waals surface area contributed by atoms with Crippen molar-refractivity contribution in [1.29, 1.82) is 0 Å². The van der Waals surface area contributed by atoms with Crippen LogP contribution in [0.15, 0.2) is 59.8 Å². The Kier molecular flexibility index (Phi) is 4.29. The summed E-state index contributed by atoms with van der Waals surface area (Å²) in [4.78, 5) is 4.24. The Morgan fingerprint density at radius 2 is 1.68 bits per heavy atom. The second-order valence-electron chi connectivity index (χ2n) is 4.28. The molecule has 0 bridgehead atoms. The first-order valence-electron chi connectivity index (χ1n) is 6.02. The molecule has 5 heteroatoms. The van der Waals surface area contributed by atoms with Crippen LogP contribution in [0.4, 0.5) is 0 Å². The fourth-order valence-corrected chi connectivity index (χ4v) is 3.49. The summed E-state index contributed by atoms with van der Waals surface area (Å²) >= 11 is 0. The summed E-state index contributed by atoms with van der Waals surface area (Å²) in [6, 6.07) is 12.0. The van der Waals surface area contributed by atoms with Crippen LogP contribution >= 0.6 is 0 Å². The van der Waals surface area contributed by atoms with Crippen molar-refractivity contribution in [3.8, 4) is 0 Å². The van der Waals surface area contributed by atoms with E-state index in [-0.39, 0.29) is 6.54 Å². The summed E-state index contributed by atoms with van der Waals surface area (Å²) in [5.41, 5.74) is 6.57.